The number of rotatable bonds is 7. The summed E-state index contributed by atoms with van der Waals surface area (Å²) in [5, 5.41) is 0.713. The zero-order valence-electron chi connectivity index (χ0n) is 17.4. The lowest BCUT2D eigenvalue weighted by Gasteiger charge is -2.41. The summed E-state index contributed by atoms with van der Waals surface area (Å²) in [6.45, 7) is 20.8. The van der Waals surface area contributed by atoms with Gasteiger partial charge in [0.1, 0.15) is 4.75 Å². The molecule has 6 heteroatoms. The Balaban J connectivity index is 3.28. The van der Waals surface area contributed by atoms with Crippen molar-refractivity contribution >= 4 is 31.3 Å². The Hall–Kier alpha value is -0.303. The standard InChI is InChI=1S/C20H34ClNO2SSi/c1-10-17(22-25(23)19(2,3)4)18(15-12-11-13-16(21)14-15)24-26(8,9)20(5,6)7/h10-14,17-18,22H,1H2,2-9H3/t17-,18+,25?/m1/s1. The van der Waals surface area contributed by atoms with Crippen LogP contribution in [0, 0.1) is 0 Å². The van der Waals surface area contributed by atoms with Crippen LogP contribution < -0.4 is 4.72 Å². The molecule has 0 bridgehead atoms. The summed E-state index contributed by atoms with van der Waals surface area (Å²) < 4.78 is 22.2. The SMILES string of the molecule is C=C[C@@H](N[S+]([O-])C(C)(C)C)[C@@H](O[Si](C)(C)C(C)(C)C)c1cccc(Cl)c1. The van der Waals surface area contributed by atoms with E-state index in [0.717, 1.165) is 5.56 Å². The molecule has 0 aromatic heterocycles. The molecule has 3 nitrogen and oxygen atoms in total. The van der Waals surface area contributed by atoms with Crippen LogP contribution in [0.15, 0.2) is 36.9 Å². The van der Waals surface area contributed by atoms with Crippen molar-refractivity contribution in [3.8, 4) is 0 Å². The molecule has 0 aliphatic carbocycles. The number of halogens is 1. The molecule has 3 atom stereocenters. The predicted molar refractivity (Wildman–Crippen MR) is 117 cm³/mol. The lowest BCUT2D eigenvalue weighted by atomic mass is 10.0. The minimum Gasteiger partial charge on any atom is -0.598 e. The van der Waals surface area contributed by atoms with Gasteiger partial charge >= 0.3 is 0 Å². The average Bonchev–Trinajstić information content (AvgIpc) is 2.48. The molecule has 0 aliphatic rings. The maximum Gasteiger partial charge on any atom is 0.193 e. The third kappa shape index (κ3) is 6.39. The Morgan fingerprint density at radius 2 is 1.81 bits per heavy atom. The summed E-state index contributed by atoms with van der Waals surface area (Å²) >= 11 is 4.99. The van der Waals surface area contributed by atoms with E-state index >= 15 is 0 Å². The third-order valence-corrected chi connectivity index (χ3v) is 11.1. The van der Waals surface area contributed by atoms with E-state index in [1.54, 1.807) is 6.08 Å². The molecular formula is C20H34ClNO2SSi. The normalized spacial score (nSPS) is 16.8. The molecule has 0 aliphatic heterocycles. The summed E-state index contributed by atoms with van der Waals surface area (Å²) in [5.41, 5.74) is 0.964. The van der Waals surface area contributed by atoms with E-state index in [4.69, 9.17) is 16.0 Å². The third-order valence-electron chi connectivity index (χ3n) is 4.78. The Morgan fingerprint density at radius 1 is 1.23 bits per heavy atom. The second-order valence-electron chi connectivity index (χ2n) is 9.11. The van der Waals surface area contributed by atoms with E-state index in [2.05, 4.69) is 45.2 Å². The van der Waals surface area contributed by atoms with E-state index in [1.807, 2.05) is 45.0 Å². The highest BCUT2D eigenvalue weighted by Gasteiger charge is 2.42. The van der Waals surface area contributed by atoms with Gasteiger partial charge in [-0.3, -0.25) is 0 Å². The Labute approximate surface area is 169 Å². The monoisotopic (exact) mass is 415 g/mol. The minimum atomic E-state index is -2.07. The van der Waals surface area contributed by atoms with E-state index in [1.165, 1.54) is 0 Å². The number of hydrogen-bond acceptors (Lipinski definition) is 3. The maximum atomic E-state index is 12.7. The fraction of sp³-hybridized carbons (Fsp3) is 0.600. The smallest absolute Gasteiger partial charge is 0.193 e. The van der Waals surface area contributed by atoms with E-state index < -0.39 is 19.7 Å². The molecule has 1 aromatic rings. The van der Waals surface area contributed by atoms with Gasteiger partial charge in [-0.25, -0.2) is 0 Å². The number of nitrogens with one attached hydrogen (secondary N) is 1. The van der Waals surface area contributed by atoms with Gasteiger partial charge in [-0.1, -0.05) is 50.6 Å². The molecule has 148 valence electrons. The predicted octanol–water partition coefficient (Wildman–Crippen LogP) is 6.01. The van der Waals surface area contributed by atoms with Gasteiger partial charge in [-0.2, -0.15) is 0 Å². The first-order chi connectivity index (χ1) is 11.7. The van der Waals surface area contributed by atoms with Gasteiger partial charge in [0.15, 0.2) is 8.32 Å². The van der Waals surface area contributed by atoms with Gasteiger partial charge in [-0.05, 0) is 56.6 Å². The summed E-state index contributed by atoms with van der Waals surface area (Å²) in [7, 11) is -2.07. The van der Waals surface area contributed by atoms with Crippen molar-refractivity contribution in [2.45, 2.75) is 76.6 Å². The van der Waals surface area contributed by atoms with Crippen molar-refractivity contribution < 1.29 is 8.98 Å². The molecule has 0 spiro atoms. The Bertz CT molecular complexity index is 611. The Morgan fingerprint density at radius 3 is 2.23 bits per heavy atom. The van der Waals surface area contributed by atoms with Crippen LogP contribution in [-0.4, -0.2) is 23.7 Å². The topological polar surface area (TPSA) is 44.3 Å². The van der Waals surface area contributed by atoms with Crippen LogP contribution in [0.4, 0.5) is 0 Å². The molecule has 0 saturated heterocycles. The van der Waals surface area contributed by atoms with E-state index in [-0.39, 0.29) is 21.9 Å². The van der Waals surface area contributed by atoms with Gasteiger partial charge in [0, 0.05) is 16.4 Å². The van der Waals surface area contributed by atoms with Crippen molar-refractivity contribution in [2.24, 2.45) is 0 Å². The number of hydrogen-bond donors (Lipinski definition) is 1. The van der Waals surface area contributed by atoms with Crippen LogP contribution in [0.1, 0.15) is 53.2 Å². The second kappa shape index (κ2) is 8.80. The highest BCUT2D eigenvalue weighted by molar-refractivity contribution is 7.90. The Kier molecular flexibility index (Phi) is 8.03. The first kappa shape index (κ1) is 23.7. The second-order valence-corrected chi connectivity index (χ2v) is 16.3. The van der Waals surface area contributed by atoms with Gasteiger partial charge in [0.25, 0.3) is 0 Å². The van der Waals surface area contributed by atoms with Crippen LogP contribution in [0.25, 0.3) is 0 Å². The van der Waals surface area contributed by atoms with Crippen LogP contribution in [0.5, 0.6) is 0 Å². The van der Waals surface area contributed by atoms with Crippen molar-refractivity contribution in [2.75, 3.05) is 0 Å². The zero-order chi connectivity index (χ0) is 20.3. The van der Waals surface area contributed by atoms with Crippen molar-refractivity contribution in [1.29, 1.82) is 0 Å². The minimum absolute atomic E-state index is 0.0543. The van der Waals surface area contributed by atoms with Gasteiger partial charge < -0.3 is 8.98 Å². The largest absolute Gasteiger partial charge is 0.598 e. The molecule has 0 amide bonds. The van der Waals surface area contributed by atoms with Gasteiger partial charge in [-0.15, -0.1) is 11.3 Å². The molecule has 1 unspecified atom stereocenters. The maximum absolute atomic E-state index is 12.7. The fourth-order valence-electron chi connectivity index (χ4n) is 2.06. The van der Waals surface area contributed by atoms with Crippen molar-refractivity contribution in [3.63, 3.8) is 0 Å². The average molecular weight is 416 g/mol. The molecule has 0 heterocycles. The van der Waals surface area contributed by atoms with Crippen LogP contribution >= 0.6 is 11.6 Å². The summed E-state index contributed by atoms with van der Waals surface area (Å²) in [4.78, 5) is 0. The lowest BCUT2D eigenvalue weighted by Crippen LogP contribution is -2.50. The van der Waals surface area contributed by atoms with E-state index in [0.29, 0.717) is 5.02 Å². The molecule has 1 N–H and O–H groups in total. The summed E-state index contributed by atoms with van der Waals surface area (Å²) in [6.07, 6.45) is 1.47. The van der Waals surface area contributed by atoms with Gasteiger partial charge in [0.2, 0.25) is 0 Å². The summed E-state index contributed by atoms with van der Waals surface area (Å²) in [5.74, 6) is 0. The first-order valence-electron chi connectivity index (χ1n) is 8.93. The molecule has 1 aromatic carbocycles. The molecule has 1 rings (SSSR count). The molecule has 0 saturated carbocycles. The first-order valence-corrected chi connectivity index (χ1v) is 13.4. The zero-order valence-corrected chi connectivity index (χ0v) is 19.9. The molecule has 0 fully saturated rings. The lowest BCUT2D eigenvalue weighted by molar-refractivity contribution is 0.163. The molecule has 0 radical (unpaired) electrons. The van der Waals surface area contributed by atoms with Crippen molar-refractivity contribution in [3.05, 3.63) is 47.5 Å². The number of benzene rings is 1. The summed E-state index contributed by atoms with van der Waals surface area (Å²) in [6, 6.07) is 7.39. The highest BCUT2D eigenvalue weighted by Crippen LogP contribution is 2.41. The molecular weight excluding hydrogens is 382 g/mol. The molecule has 26 heavy (non-hydrogen) atoms. The fourth-order valence-corrected chi connectivity index (χ4v) is 4.35. The van der Waals surface area contributed by atoms with Gasteiger partial charge in [0.05, 0.1) is 12.1 Å². The quantitative estimate of drug-likeness (QED) is 0.337. The van der Waals surface area contributed by atoms with Crippen LogP contribution in [-0.2, 0) is 15.8 Å². The van der Waals surface area contributed by atoms with Crippen molar-refractivity contribution in [1.82, 2.24) is 4.72 Å². The van der Waals surface area contributed by atoms with Crippen LogP contribution in [0.2, 0.25) is 23.2 Å². The van der Waals surface area contributed by atoms with E-state index in [9.17, 15) is 4.55 Å². The van der Waals surface area contributed by atoms with Crippen LogP contribution in [0.3, 0.4) is 0 Å². The highest BCUT2D eigenvalue weighted by atomic mass is 35.5.